The third-order valence-electron chi connectivity index (χ3n) is 3.23. The van der Waals surface area contributed by atoms with Crippen LogP contribution in [0.2, 0.25) is 0 Å². The number of methoxy groups -OCH3 is 1. The van der Waals surface area contributed by atoms with Gasteiger partial charge in [0.2, 0.25) is 0 Å². The van der Waals surface area contributed by atoms with E-state index in [4.69, 9.17) is 11.0 Å². The first kappa shape index (κ1) is 16.4. The van der Waals surface area contributed by atoms with Crippen molar-refractivity contribution in [2.24, 2.45) is 0 Å². The van der Waals surface area contributed by atoms with E-state index in [0.717, 1.165) is 13.2 Å². The summed E-state index contributed by atoms with van der Waals surface area (Å²) in [7, 11) is 1.11. The van der Waals surface area contributed by atoms with Crippen LogP contribution < -0.4 is 5.73 Å². The number of alkyl halides is 3. The van der Waals surface area contributed by atoms with Gasteiger partial charge in [-0.05, 0) is 35.4 Å². The number of hydrogen-bond donors (Lipinski definition) is 1. The van der Waals surface area contributed by atoms with Crippen LogP contribution in [-0.2, 0) is 10.9 Å². The van der Waals surface area contributed by atoms with Gasteiger partial charge in [0.15, 0.2) is 0 Å². The van der Waals surface area contributed by atoms with Crippen molar-refractivity contribution in [2.45, 2.75) is 6.18 Å². The summed E-state index contributed by atoms with van der Waals surface area (Å²) in [4.78, 5) is 11.7. The molecule has 118 valence electrons. The van der Waals surface area contributed by atoms with Gasteiger partial charge in [0.1, 0.15) is 0 Å². The van der Waals surface area contributed by atoms with Gasteiger partial charge in [-0.15, -0.1) is 0 Å². The smallest absolute Gasteiger partial charge is 0.417 e. The van der Waals surface area contributed by atoms with Gasteiger partial charge in [-0.25, -0.2) is 4.79 Å². The first-order chi connectivity index (χ1) is 10.8. The number of halogens is 3. The maximum Gasteiger partial charge on any atom is 0.417 e. The molecule has 0 heterocycles. The molecular formula is C16H11F3N2O2. The van der Waals surface area contributed by atoms with E-state index < -0.39 is 17.7 Å². The third kappa shape index (κ3) is 3.26. The number of ether oxygens (including phenoxy) is 1. The van der Waals surface area contributed by atoms with Crippen LogP contribution >= 0.6 is 0 Å². The molecule has 0 aromatic heterocycles. The number of carbonyl (C=O) groups is 1. The second-order valence-corrected chi connectivity index (χ2v) is 4.66. The van der Waals surface area contributed by atoms with Crippen LogP contribution in [0.1, 0.15) is 21.5 Å². The zero-order valence-corrected chi connectivity index (χ0v) is 11.9. The van der Waals surface area contributed by atoms with Crippen molar-refractivity contribution in [3.63, 3.8) is 0 Å². The van der Waals surface area contributed by atoms with E-state index in [1.807, 2.05) is 6.07 Å². The lowest BCUT2D eigenvalue weighted by atomic mass is 9.95. The zero-order valence-electron chi connectivity index (χ0n) is 11.9. The van der Waals surface area contributed by atoms with Crippen LogP contribution in [0, 0.1) is 11.3 Å². The summed E-state index contributed by atoms with van der Waals surface area (Å²) >= 11 is 0. The number of nitriles is 1. The second-order valence-electron chi connectivity index (χ2n) is 4.66. The third-order valence-corrected chi connectivity index (χ3v) is 3.23. The molecule has 0 unspecified atom stereocenters. The van der Waals surface area contributed by atoms with Crippen molar-refractivity contribution in [1.82, 2.24) is 0 Å². The monoisotopic (exact) mass is 320 g/mol. The van der Waals surface area contributed by atoms with E-state index in [1.165, 1.54) is 24.3 Å². The molecule has 23 heavy (non-hydrogen) atoms. The molecule has 2 N–H and O–H groups in total. The summed E-state index contributed by atoms with van der Waals surface area (Å²) < 4.78 is 44.3. The van der Waals surface area contributed by atoms with Gasteiger partial charge in [-0.2, -0.15) is 18.4 Å². The average Bonchev–Trinajstić information content (AvgIpc) is 2.53. The van der Waals surface area contributed by atoms with E-state index >= 15 is 0 Å². The summed E-state index contributed by atoms with van der Waals surface area (Å²) in [6.45, 7) is 0. The molecule has 4 nitrogen and oxygen atoms in total. The molecule has 0 aliphatic carbocycles. The highest BCUT2D eigenvalue weighted by molar-refractivity contribution is 5.97. The number of benzene rings is 2. The highest BCUT2D eigenvalue weighted by Gasteiger charge is 2.35. The molecular weight excluding hydrogens is 309 g/mol. The number of hydrogen-bond acceptors (Lipinski definition) is 4. The highest BCUT2D eigenvalue weighted by atomic mass is 19.4. The molecule has 0 aliphatic heterocycles. The number of carbonyl (C=O) groups excluding carboxylic acids is 1. The van der Waals surface area contributed by atoms with Crippen molar-refractivity contribution >= 4 is 11.7 Å². The molecule has 0 saturated carbocycles. The Hall–Kier alpha value is -3.01. The molecule has 0 amide bonds. The van der Waals surface area contributed by atoms with Gasteiger partial charge >= 0.3 is 12.1 Å². The minimum Gasteiger partial charge on any atom is -0.465 e. The summed E-state index contributed by atoms with van der Waals surface area (Å²) in [6.07, 6.45) is -4.65. The minimum atomic E-state index is -4.65. The Morgan fingerprint density at radius 1 is 1.22 bits per heavy atom. The largest absolute Gasteiger partial charge is 0.465 e. The van der Waals surface area contributed by atoms with Crippen LogP contribution in [0.3, 0.4) is 0 Å². The van der Waals surface area contributed by atoms with Crippen molar-refractivity contribution in [2.75, 3.05) is 12.8 Å². The molecule has 0 fully saturated rings. The van der Waals surface area contributed by atoms with Crippen LogP contribution in [0.25, 0.3) is 11.1 Å². The maximum absolute atomic E-state index is 13.3. The van der Waals surface area contributed by atoms with E-state index in [-0.39, 0.29) is 22.4 Å². The van der Waals surface area contributed by atoms with Crippen molar-refractivity contribution in [1.29, 1.82) is 5.26 Å². The van der Waals surface area contributed by atoms with Gasteiger partial charge in [-0.1, -0.05) is 12.1 Å². The van der Waals surface area contributed by atoms with E-state index in [2.05, 4.69) is 4.74 Å². The topological polar surface area (TPSA) is 76.1 Å². The lowest BCUT2D eigenvalue weighted by molar-refractivity contribution is -0.137. The highest BCUT2D eigenvalue weighted by Crippen LogP contribution is 2.39. The Kier molecular flexibility index (Phi) is 4.27. The first-order valence-electron chi connectivity index (χ1n) is 6.37. The normalized spacial score (nSPS) is 10.9. The number of nitrogens with zero attached hydrogens (tertiary/aromatic N) is 1. The van der Waals surface area contributed by atoms with E-state index in [0.29, 0.717) is 11.6 Å². The van der Waals surface area contributed by atoms with Gasteiger partial charge in [0.05, 0.1) is 29.9 Å². The Morgan fingerprint density at radius 2 is 1.83 bits per heavy atom. The van der Waals surface area contributed by atoms with E-state index in [1.54, 1.807) is 0 Å². The predicted octanol–water partition coefficient (Wildman–Crippen LogP) is 3.61. The fourth-order valence-corrected chi connectivity index (χ4v) is 2.10. The molecule has 0 spiro atoms. The standard InChI is InChI=1S/C16H11F3N2O2/c1-23-15(22)12-6-11(10-4-2-9(8-20)3-5-10)13(7-14(12)21)16(17,18)19/h2-7H,21H2,1H3. The Balaban J connectivity index is 2.71. The van der Waals surface area contributed by atoms with Crippen molar-refractivity contribution in [3.05, 3.63) is 53.1 Å². The number of anilines is 1. The Labute approximate surface area is 129 Å². The first-order valence-corrected chi connectivity index (χ1v) is 6.37. The van der Waals surface area contributed by atoms with Gasteiger partial charge in [-0.3, -0.25) is 0 Å². The van der Waals surface area contributed by atoms with Gasteiger partial charge in [0.25, 0.3) is 0 Å². The Morgan fingerprint density at radius 3 is 2.30 bits per heavy atom. The lowest BCUT2D eigenvalue weighted by Gasteiger charge is -2.16. The molecule has 2 rings (SSSR count). The summed E-state index contributed by atoms with van der Waals surface area (Å²) in [5.74, 6) is -0.828. The van der Waals surface area contributed by atoms with Crippen LogP contribution in [0.4, 0.5) is 18.9 Å². The van der Waals surface area contributed by atoms with Crippen molar-refractivity contribution in [3.8, 4) is 17.2 Å². The summed E-state index contributed by atoms with van der Waals surface area (Å²) in [6, 6.07) is 9.17. The second kappa shape index (κ2) is 6.01. The van der Waals surface area contributed by atoms with Crippen molar-refractivity contribution < 1.29 is 22.7 Å². The number of nitrogens with two attached hydrogens (primary N) is 1. The molecule has 0 atom stereocenters. The van der Waals surface area contributed by atoms with Crippen LogP contribution in [-0.4, -0.2) is 13.1 Å². The van der Waals surface area contributed by atoms with Gasteiger partial charge in [0, 0.05) is 5.69 Å². The maximum atomic E-state index is 13.3. The molecule has 2 aromatic rings. The van der Waals surface area contributed by atoms with E-state index in [9.17, 15) is 18.0 Å². The molecule has 7 heteroatoms. The SMILES string of the molecule is COC(=O)c1cc(-c2ccc(C#N)cc2)c(C(F)(F)F)cc1N. The molecule has 0 radical (unpaired) electrons. The van der Waals surface area contributed by atoms with Gasteiger partial charge < -0.3 is 10.5 Å². The lowest BCUT2D eigenvalue weighted by Crippen LogP contribution is -2.12. The Bertz CT molecular complexity index is 791. The predicted molar refractivity (Wildman–Crippen MR) is 77.3 cm³/mol. The molecule has 2 aromatic carbocycles. The number of rotatable bonds is 2. The molecule has 0 saturated heterocycles. The zero-order chi connectivity index (χ0) is 17.2. The summed E-state index contributed by atoms with van der Waals surface area (Å²) in [5, 5.41) is 8.76. The molecule has 0 aliphatic rings. The van der Waals surface area contributed by atoms with Crippen LogP contribution in [0.5, 0.6) is 0 Å². The quantitative estimate of drug-likeness (QED) is 0.677. The number of nitrogen functional groups attached to an aromatic ring is 1. The summed E-state index contributed by atoms with van der Waals surface area (Å²) in [5.41, 5.74) is 4.42. The fraction of sp³-hybridized carbons (Fsp3) is 0.125. The molecule has 0 bridgehead atoms. The number of esters is 1. The fourth-order valence-electron chi connectivity index (χ4n) is 2.10. The van der Waals surface area contributed by atoms with Crippen LogP contribution in [0.15, 0.2) is 36.4 Å². The average molecular weight is 320 g/mol. The minimum absolute atomic E-state index is 0.153.